The first-order valence-electron chi connectivity index (χ1n) is 3.89. The van der Waals surface area contributed by atoms with Crippen molar-refractivity contribution in [3.8, 4) is 0 Å². The molecule has 0 aliphatic carbocycles. The third-order valence-electron chi connectivity index (χ3n) is 1.63. The fourth-order valence-electron chi connectivity index (χ4n) is 0.496. The van der Waals surface area contributed by atoms with Crippen LogP contribution < -0.4 is 5.73 Å². The third-order valence-corrected chi connectivity index (χ3v) is 1.93. The minimum Gasteiger partial charge on any atom is -0.399 e. The summed E-state index contributed by atoms with van der Waals surface area (Å²) in [7, 11) is 0. The Morgan fingerprint density at radius 3 is 1.92 bits per heavy atom. The van der Waals surface area contributed by atoms with Crippen LogP contribution in [0.15, 0.2) is 34.0 Å². The van der Waals surface area contributed by atoms with Crippen LogP contribution in [0.1, 0.15) is 27.7 Å². The van der Waals surface area contributed by atoms with E-state index in [4.69, 9.17) is 17.3 Å². The Morgan fingerprint density at radius 1 is 1.08 bits per heavy atom. The van der Waals surface area contributed by atoms with Crippen LogP contribution in [-0.4, -0.2) is 0 Å². The van der Waals surface area contributed by atoms with E-state index in [1.54, 1.807) is 0 Å². The van der Waals surface area contributed by atoms with Gasteiger partial charge < -0.3 is 5.73 Å². The molecule has 0 aromatic carbocycles. The molecule has 0 saturated heterocycles. The van der Waals surface area contributed by atoms with E-state index in [1.165, 1.54) is 0 Å². The lowest BCUT2D eigenvalue weighted by Gasteiger charge is -1.96. The highest BCUT2D eigenvalue weighted by Gasteiger charge is 1.89. The molecule has 0 aromatic heterocycles. The van der Waals surface area contributed by atoms with Crippen molar-refractivity contribution < 1.29 is 0 Å². The summed E-state index contributed by atoms with van der Waals surface area (Å²) < 4.78 is 0. The molecule has 0 heterocycles. The summed E-state index contributed by atoms with van der Waals surface area (Å²) in [5.41, 5.74) is 8.65. The average molecular weight is 186 g/mol. The number of rotatable bonds is 2. The van der Waals surface area contributed by atoms with Gasteiger partial charge >= 0.3 is 0 Å². The van der Waals surface area contributed by atoms with Crippen molar-refractivity contribution in [3.63, 3.8) is 0 Å². The van der Waals surface area contributed by atoms with Crippen molar-refractivity contribution in [2.45, 2.75) is 27.7 Å². The van der Waals surface area contributed by atoms with E-state index < -0.39 is 0 Å². The van der Waals surface area contributed by atoms with E-state index in [2.05, 4.69) is 0 Å². The largest absolute Gasteiger partial charge is 0.399 e. The van der Waals surface area contributed by atoms with E-state index in [0.717, 1.165) is 21.9 Å². The smallest absolute Gasteiger partial charge is 0.0300 e. The first kappa shape index (κ1) is 11.3. The van der Waals surface area contributed by atoms with Crippen LogP contribution in [0.2, 0.25) is 0 Å². The van der Waals surface area contributed by atoms with Crippen LogP contribution in [0.4, 0.5) is 0 Å². The predicted octanol–water partition coefficient (Wildman–Crippen LogP) is 3.33. The van der Waals surface area contributed by atoms with Crippen molar-refractivity contribution in [2.24, 2.45) is 5.73 Å². The van der Waals surface area contributed by atoms with Crippen LogP contribution in [0.5, 0.6) is 0 Å². The zero-order valence-corrected chi connectivity index (χ0v) is 8.87. The number of nitrogens with two attached hydrogens (primary N) is 1. The Labute approximate surface area is 79.6 Å². The van der Waals surface area contributed by atoms with Gasteiger partial charge in [-0.05, 0) is 39.3 Å². The van der Waals surface area contributed by atoms with Crippen molar-refractivity contribution in [1.82, 2.24) is 0 Å². The van der Waals surface area contributed by atoms with Crippen molar-refractivity contribution in [3.05, 3.63) is 34.0 Å². The van der Waals surface area contributed by atoms with Gasteiger partial charge in [-0.25, -0.2) is 0 Å². The maximum atomic E-state index is 5.76. The van der Waals surface area contributed by atoms with Crippen LogP contribution >= 0.6 is 11.6 Å². The lowest BCUT2D eigenvalue weighted by molar-refractivity contribution is 1.25. The molecule has 0 spiro atoms. The lowest BCUT2D eigenvalue weighted by atomic mass is 10.2. The van der Waals surface area contributed by atoms with Crippen molar-refractivity contribution >= 4 is 11.6 Å². The highest BCUT2D eigenvalue weighted by Crippen LogP contribution is 2.09. The zero-order chi connectivity index (χ0) is 9.72. The van der Waals surface area contributed by atoms with E-state index in [0.29, 0.717) is 0 Å². The summed E-state index contributed by atoms with van der Waals surface area (Å²) in [5, 5.41) is 0.799. The average Bonchev–Trinajstić information content (AvgIpc) is 1.98. The van der Waals surface area contributed by atoms with E-state index in [9.17, 15) is 0 Å². The zero-order valence-electron chi connectivity index (χ0n) is 8.11. The normalized spacial score (nSPS) is 13.1. The molecule has 0 radical (unpaired) electrons. The van der Waals surface area contributed by atoms with Crippen LogP contribution in [0, 0.1) is 0 Å². The molecule has 0 aromatic rings. The molecule has 68 valence electrons. The van der Waals surface area contributed by atoms with Gasteiger partial charge in [0.1, 0.15) is 0 Å². The second-order valence-corrected chi connectivity index (χ2v) is 3.57. The molecule has 0 atom stereocenters. The first-order valence-corrected chi connectivity index (χ1v) is 4.27. The van der Waals surface area contributed by atoms with Gasteiger partial charge in [-0.3, -0.25) is 0 Å². The topological polar surface area (TPSA) is 26.0 Å². The van der Waals surface area contributed by atoms with Gasteiger partial charge in [0, 0.05) is 10.7 Å². The van der Waals surface area contributed by atoms with Gasteiger partial charge in [0.2, 0.25) is 0 Å². The Kier molecular flexibility index (Phi) is 4.75. The molecular weight excluding hydrogens is 170 g/mol. The molecule has 0 fully saturated rings. The fourth-order valence-corrected chi connectivity index (χ4v) is 0.559. The summed E-state index contributed by atoms with van der Waals surface area (Å²) in [5.74, 6) is 0. The lowest BCUT2D eigenvalue weighted by Crippen LogP contribution is -1.94. The van der Waals surface area contributed by atoms with Crippen LogP contribution in [-0.2, 0) is 0 Å². The molecule has 0 amide bonds. The predicted molar refractivity (Wildman–Crippen MR) is 55.9 cm³/mol. The Hall–Kier alpha value is -0.690. The van der Waals surface area contributed by atoms with Crippen LogP contribution in [0.3, 0.4) is 0 Å². The molecule has 1 nitrogen and oxygen atoms in total. The minimum absolute atomic E-state index is 0.798. The van der Waals surface area contributed by atoms with Gasteiger partial charge in [-0.15, -0.1) is 0 Å². The summed E-state index contributed by atoms with van der Waals surface area (Å²) >= 11 is 5.76. The highest BCUT2D eigenvalue weighted by molar-refractivity contribution is 6.29. The van der Waals surface area contributed by atoms with Gasteiger partial charge in [0.05, 0.1) is 0 Å². The Morgan fingerprint density at radius 2 is 1.58 bits per heavy atom. The minimum atomic E-state index is 0.798. The Bertz CT molecular complexity index is 213. The number of hydrogen-bond acceptors (Lipinski definition) is 1. The SMILES string of the molecule is CC(C)=C(N)/C=C\C(C)=C(/C)Cl. The summed E-state index contributed by atoms with van der Waals surface area (Å²) in [6, 6.07) is 0. The molecule has 0 saturated carbocycles. The number of halogens is 1. The summed E-state index contributed by atoms with van der Waals surface area (Å²) in [4.78, 5) is 0. The first-order chi connectivity index (χ1) is 5.45. The molecule has 2 heteroatoms. The van der Waals surface area contributed by atoms with Gasteiger partial charge in [0.15, 0.2) is 0 Å². The van der Waals surface area contributed by atoms with Gasteiger partial charge in [0.25, 0.3) is 0 Å². The van der Waals surface area contributed by atoms with Gasteiger partial charge in [-0.2, -0.15) is 0 Å². The molecule has 0 unspecified atom stereocenters. The standard InChI is InChI=1S/C10H16ClN/c1-7(2)10(12)6-5-8(3)9(4)11/h5-6H,12H2,1-4H3/b6-5-,9-8+. The molecule has 2 N–H and O–H groups in total. The number of hydrogen-bond donors (Lipinski definition) is 1. The second-order valence-electron chi connectivity index (χ2n) is 3.01. The fraction of sp³-hybridized carbons (Fsp3) is 0.400. The maximum absolute atomic E-state index is 5.76. The monoisotopic (exact) mass is 185 g/mol. The summed E-state index contributed by atoms with van der Waals surface area (Å²) in [6.45, 7) is 7.77. The molecule has 0 rings (SSSR count). The molecule has 12 heavy (non-hydrogen) atoms. The van der Waals surface area contributed by atoms with E-state index in [-0.39, 0.29) is 0 Å². The quantitative estimate of drug-likeness (QED) is 0.657. The highest BCUT2D eigenvalue weighted by atomic mass is 35.5. The molecule has 0 bridgehead atoms. The van der Waals surface area contributed by atoms with Gasteiger partial charge in [-0.1, -0.05) is 23.3 Å². The van der Waals surface area contributed by atoms with Crippen molar-refractivity contribution in [1.29, 1.82) is 0 Å². The van der Waals surface area contributed by atoms with E-state index in [1.807, 2.05) is 39.8 Å². The maximum Gasteiger partial charge on any atom is 0.0300 e. The summed E-state index contributed by atoms with van der Waals surface area (Å²) in [6.07, 6.45) is 3.79. The Balaban J connectivity index is 4.48. The third kappa shape index (κ3) is 4.24. The van der Waals surface area contributed by atoms with E-state index >= 15 is 0 Å². The molecule has 0 aliphatic rings. The second kappa shape index (κ2) is 5.04. The number of allylic oxidation sites excluding steroid dienone is 5. The molecular formula is C10H16ClN. The molecule has 0 aliphatic heterocycles. The van der Waals surface area contributed by atoms with Crippen LogP contribution in [0.25, 0.3) is 0 Å². The van der Waals surface area contributed by atoms with Crippen molar-refractivity contribution in [2.75, 3.05) is 0 Å².